The van der Waals surface area contributed by atoms with Gasteiger partial charge in [-0.05, 0) is 54.5 Å². The average molecular weight is 346 g/mol. The standard InChI is InChI=1S/C18H17ClFN3O/c19-13-3-1-2-12(11-5-7-16(20)21-9-11)17(13)10-4-6-14-15(8-10)23-18(24)22-14/h1-3,5,7,9-10,14-15H,4,6,8H2,(H2,22,23,24). The molecule has 4 rings (SSSR count). The summed E-state index contributed by atoms with van der Waals surface area (Å²) in [4.78, 5) is 15.3. The summed E-state index contributed by atoms with van der Waals surface area (Å²) in [6, 6.07) is 9.10. The number of amides is 2. The lowest BCUT2D eigenvalue weighted by Crippen LogP contribution is -2.39. The van der Waals surface area contributed by atoms with Crippen LogP contribution in [0.2, 0.25) is 5.02 Å². The van der Waals surface area contributed by atoms with Crippen LogP contribution in [0.1, 0.15) is 30.7 Å². The third kappa shape index (κ3) is 2.73. The highest BCUT2D eigenvalue weighted by Gasteiger charge is 2.38. The molecule has 24 heavy (non-hydrogen) atoms. The van der Waals surface area contributed by atoms with Gasteiger partial charge in [0.1, 0.15) is 0 Å². The predicted octanol–water partition coefficient (Wildman–Crippen LogP) is 3.86. The van der Waals surface area contributed by atoms with Gasteiger partial charge in [-0.15, -0.1) is 0 Å². The van der Waals surface area contributed by atoms with Crippen molar-refractivity contribution in [3.8, 4) is 11.1 Å². The Labute approximate surface area is 144 Å². The van der Waals surface area contributed by atoms with Crippen LogP contribution in [-0.4, -0.2) is 23.1 Å². The number of pyridine rings is 1. The Hall–Kier alpha value is -2.14. The molecule has 6 heteroatoms. The van der Waals surface area contributed by atoms with Crippen LogP contribution in [0.4, 0.5) is 9.18 Å². The summed E-state index contributed by atoms with van der Waals surface area (Å²) < 4.78 is 13.1. The van der Waals surface area contributed by atoms with E-state index in [0.29, 0.717) is 5.02 Å². The predicted molar refractivity (Wildman–Crippen MR) is 90.5 cm³/mol. The molecule has 124 valence electrons. The van der Waals surface area contributed by atoms with Gasteiger partial charge in [-0.25, -0.2) is 9.78 Å². The van der Waals surface area contributed by atoms with Gasteiger partial charge in [-0.2, -0.15) is 4.39 Å². The minimum absolute atomic E-state index is 0.0900. The molecule has 2 N–H and O–H groups in total. The van der Waals surface area contributed by atoms with E-state index in [2.05, 4.69) is 15.6 Å². The monoisotopic (exact) mass is 345 g/mol. The highest BCUT2D eigenvalue weighted by atomic mass is 35.5. The summed E-state index contributed by atoms with van der Waals surface area (Å²) >= 11 is 6.52. The van der Waals surface area contributed by atoms with Crippen molar-refractivity contribution in [2.75, 3.05) is 0 Å². The molecule has 4 nitrogen and oxygen atoms in total. The Bertz CT molecular complexity index is 780. The number of aromatic nitrogens is 1. The van der Waals surface area contributed by atoms with Crippen LogP contribution in [0.5, 0.6) is 0 Å². The number of hydrogen-bond acceptors (Lipinski definition) is 2. The molecule has 2 heterocycles. The molecule has 0 spiro atoms. The number of rotatable bonds is 2. The highest BCUT2D eigenvalue weighted by Crippen LogP contribution is 2.42. The summed E-state index contributed by atoms with van der Waals surface area (Å²) in [7, 11) is 0. The summed E-state index contributed by atoms with van der Waals surface area (Å²) in [5, 5.41) is 6.65. The molecule has 1 aromatic carbocycles. The first-order chi connectivity index (χ1) is 11.6. The van der Waals surface area contributed by atoms with Crippen molar-refractivity contribution in [2.45, 2.75) is 37.3 Å². The molecule has 2 aromatic rings. The van der Waals surface area contributed by atoms with Crippen LogP contribution in [0.3, 0.4) is 0 Å². The fraction of sp³-hybridized carbons (Fsp3) is 0.333. The van der Waals surface area contributed by atoms with Gasteiger partial charge in [0.05, 0.1) is 12.1 Å². The lowest BCUT2D eigenvalue weighted by Gasteiger charge is -2.32. The molecular weight excluding hydrogens is 329 g/mol. The third-order valence-corrected chi connectivity index (χ3v) is 5.31. The van der Waals surface area contributed by atoms with E-state index in [9.17, 15) is 9.18 Å². The van der Waals surface area contributed by atoms with Crippen LogP contribution in [0.15, 0.2) is 36.5 Å². The van der Waals surface area contributed by atoms with Crippen molar-refractivity contribution in [1.29, 1.82) is 0 Å². The number of nitrogens with one attached hydrogen (secondary N) is 2. The second-order valence-electron chi connectivity index (χ2n) is 6.41. The summed E-state index contributed by atoms with van der Waals surface area (Å²) in [6.45, 7) is 0. The number of fused-ring (bicyclic) bond motifs is 1. The number of benzene rings is 1. The molecule has 0 bridgehead atoms. The largest absolute Gasteiger partial charge is 0.333 e. The third-order valence-electron chi connectivity index (χ3n) is 4.98. The van der Waals surface area contributed by atoms with Crippen LogP contribution in [0.25, 0.3) is 11.1 Å². The molecule has 2 amide bonds. The molecule has 1 aromatic heterocycles. The van der Waals surface area contributed by atoms with Crippen molar-refractivity contribution in [3.05, 3.63) is 53.1 Å². The number of carbonyl (C=O) groups excluding carboxylic acids is 1. The van der Waals surface area contributed by atoms with Gasteiger partial charge in [0.25, 0.3) is 0 Å². The summed E-state index contributed by atoms with van der Waals surface area (Å²) in [5.41, 5.74) is 2.90. The Kier molecular flexibility index (Phi) is 3.88. The van der Waals surface area contributed by atoms with Crippen molar-refractivity contribution >= 4 is 17.6 Å². The number of nitrogens with zero attached hydrogens (tertiary/aromatic N) is 1. The molecule has 2 fully saturated rings. The molecule has 1 aliphatic carbocycles. The van der Waals surface area contributed by atoms with Gasteiger partial charge < -0.3 is 10.6 Å². The quantitative estimate of drug-likeness (QED) is 0.812. The maximum atomic E-state index is 13.1. The lowest BCUT2D eigenvalue weighted by molar-refractivity contribution is 0.247. The zero-order chi connectivity index (χ0) is 16.7. The topological polar surface area (TPSA) is 54.0 Å². The van der Waals surface area contributed by atoms with Gasteiger partial charge in [0, 0.05) is 16.8 Å². The van der Waals surface area contributed by atoms with E-state index < -0.39 is 5.95 Å². The minimum Gasteiger partial charge on any atom is -0.333 e. The first-order valence-corrected chi connectivity index (χ1v) is 8.47. The fourth-order valence-electron chi connectivity index (χ4n) is 3.88. The van der Waals surface area contributed by atoms with E-state index >= 15 is 0 Å². The van der Waals surface area contributed by atoms with Crippen molar-refractivity contribution in [3.63, 3.8) is 0 Å². The summed E-state index contributed by atoms with van der Waals surface area (Å²) in [6.07, 6.45) is 4.25. The van der Waals surface area contributed by atoms with E-state index in [1.807, 2.05) is 18.2 Å². The van der Waals surface area contributed by atoms with Gasteiger partial charge in [-0.3, -0.25) is 0 Å². The van der Waals surface area contributed by atoms with E-state index in [1.165, 1.54) is 12.3 Å². The summed E-state index contributed by atoms with van der Waals surface area (Å²) in [5.74, 6) is -0.247. The Morgan fingerprint density at radius 2 is 1.96 bits per heavy atom. The van der Waals surface area contributed by atoms with E-state index in [1.54, 1.807) is 6.07 Å². The maximum Gasteiger partial charge on any atom is 0.315 e. The zero-order valence-corrected chi connectivity index (χ0v) is 13.7. The van der Waals surface area contributed by atoms with Gasteiger partial charge >= 0.3 is 6.03 Å². The van der Waals surface area contributed by atoms with Gasteiger partial charge in [0.2, 0.25) is 5.95 Å². The van der Waals surface area contributed by atoms with E-state index in [-0.39, 0.29) is 24.0 Å². The van der Waals surface area contributed by atoms with Crippen LogP contribution in [-0.2, 0) is 0 Å². The fourth-order valence-corrected chi connectivity index (χ4v) is 4.21. The molecule has 2 aliphatic rings. The average Bonchev–Trinajstić information content (AvgIpc) is 2.94. The number of hydrogen-bond donors (Lipinski definition) is 2. The van der Waals surface area contributed by atoms with Crippen LogP contribution in [0, 0.1) is 5.95 Å². The first kappa shape index (κ1) is 15.4. The molecule has 1 saturated carbocycles. The van der Waals surface area contributed by atoms with Crippen LogP contribution < -0.4 is 10.6 Å². The van der Waals surface area contributed by atoms with Crippen molar-refractivity contribution in [1.82, 2.24) is 15.6 Å². The SMILES string of the molecule is O=C1NC2CCC(c3c(Cl)cccc3-c3ccc(F)nc3)CC2N1. The smallest absolute Gasteiger partial charge is 0.315 e. The second-order valence-corrected chi connectivity index (χ2v) is 6.82. The molecule has 1 saturated heterocycles. The lowest BCUT2D eigenvalue weighted by atomic mass is 9.77. The number of halogens is 2. The highest BCUT2D eigenvalue weighted by molar-refractivity contribution is 6.31. The maximum absolute atomic E-state index is 13.1. The normalized spacial score (nSPS) is 25.8. The second kappa shape index (κ2) is 6.06. The Morgan fingerprint density at radius 1 is 1.12 bits per heavy atom. The Balaban J connectivity index is 1.70. The molecule has 3 atom stereocenters. The minimum atomic E-state index is -0.498. The first-order valence-electron chi connectivity index (χ1n) is 8.09. The molecular formula is C18H17ClFN3O. The molecule has 1 aliphatic heterocycles. The van der Waals surface area contributed by atoms with Gasteiger partial charge in [0.15, 0.2) is 0 Å². The number of urea groups is 1. The van der Waals surface area contributed by atoms with E-state index in [0.717, 1.165) is 36.0 Å². The van der Waals surface area contributed by atoms with Crippen LogP contribution >= 0.6 is 11.6 Å². The van der Waals surface area contributed by atoms with Gasteiger partial charge in [-0.1, -0.05) is 23.7 Å². The molecule has 3 unspecified atom stereocenters. The van der Waals surface area contributed by atoms with E-state index in [4.69, 9.17) is 11.6 Å². The number of carbonyl (C=O) groups is 1. The molecule has 0 radical (unpaired) electrons. The van der Waals surface area contributed by atoms with Crippen molar-refractivity contribution < 1.29 is 9.18 Å². The Morgan fingerprint density at radius 3 is 2.75 bits per heavy atom. The van der Waals surface area contributed by atoms with Crippen molar-refractivity contribution in [2.24, 2.45) is 0 Å². The zero-order valence-electron chi connectivity index (χ0n) is 12.9.